The molecule has 1 heterocycles. The summed E-state index contributed by atoms with van der Waals surface area (Å²) in [4.78, 5) is 26.8. The van der Waals surface area contributed by atoms with E-state index >= 15 is 0 Å². The number of likely N-dealkylation sites (tertiary alicyclic amines) is 1. The number of carbonyl (C=O) groups is 2. The lowest BCUT2D eigenvalue weighted by Crippen LogP contribution is -2.46. The Kier molecular flexibility index (Phi) is 5.60. The summed E-state index contributed by atoms with van der Waals surface area (Å²) in [5, 5.41) is 18.0. The minimum Gasteiger partial charge on any atom is -0.481 e. The van der Waals surface area contributed by atoms with Crippen molar-refractivity contribution in [1.82, 2.24) is 9.80 Å². The normalized spacial score (nSPS) is 22.9. The van der Waals surface area contributed by atoms with Gasteiger partial charge in [-0.2, -0.15) is 0 Å². The fraction of sp³-hybridized carbons (Fsp3) is 0.846. The van der Waals surface area contributed by atoms with Gasteiger partial charge in [-0.05, 0) is 26.2 Å². The molecule has 0 bridgehead atoms. The maximum absolute atomic E-state index is 12.4. The van der Waals surface area contributed by atoms with Gasteiger partial charge in [0.1, 0.15) is 0 Å². The molecule has 2 amide bonds. The lowest BCUT2D eigenvalue weighted by atomic mass is 9.99. The zero-order valence-electron chi connectivity index (χ0n) is 11.9. The van der Waals surface area contributed by atoms with Crippen LogP contribution in [0.4, 0.5) is 4.79 Å². The number of aliphatic hydroxyl groups is 1. The highest BCUT2D eigenvalue weighted by Gasteiger charge is 2.38. The third-order valence-corrected chi connectivity index (χ3v) is 3.63. The van der Waals surface area contributed by atoms with Crippen LogP contribution in [-0.4, -0.2) is 64.3 Å². The van der Waals surface area contributed by atoms with Crippen LogP contribution in [0, 0.1) is 11.8 Å². The van der Waals surface area contributed by atoms with E-state index in [1.165, 1.54) is 0 Å². The van der Waals surface area contributed by atoms with Gasteiger partial charge in [-0.3, -0.25) is 4.79 Å². The molecule has 1 aliphatic rings. The summed E-state index contributed by atoms with van der Waals surface area (Å²) in [6.45, 7) is 7.00. The average molecular weight is 272 g/mol. The first-order chi connectivity index (χ1) is 8.88. The second-order valence-electron chi connectivity index (χ2n) is 5.47. The SMILES string of the molecule is CC(C)N(CCCO)C(=O)N1C[C@@H](C)[C@H](C(=O)O)C1. The van der Waals surface area contributed by atoms with Gasteiger partial charge in [0.15, 0.2) is 0 Å². The summed E-state index contributed by atoms with van der Waals surface area (Å²) >= 11 is 0. The lowest BCUT2D eigenvalue weighted by molar-refractivity contribution is -0.142. The van der Waals surface area contributed by atoms with Gasteiger partial charge in [0, 0.05) is 32.3 Å². The molecule has 1 saturated heterocycles. The van der Waals surface area contributed by atoms with Crippen molar-refractivity contribution in [2.45, 2.75) is 33.2 Å². The molecule has 0 aromatic carbocycles. The Morgan fingerprint density at radius 3 is 2.42 bits per heavy atom. The molecule has 0 aromatic heterocycles. The van der Waals surface area contributed by atoms with Crippen molar-refractivity contribution in [2.24, 2.45) is 11.8 Å². The van der Waals surface area contributed by atoms with Crippen LogP contribution < -0.4 is 0 Å². The van der Waals surface area contributed by atoms with Gasteiger partial charge >= 0.3 is 12.0 Å². The number of amides is 2. The number of carboxylic acids is 1. The number of carbonyl (C=O) groups excluding carboxylic acids is 1. The maximum Gasteiger partial charge on any atom is 0.320 e. The summed E-state index contributed by atoms with van der Waals surface area (Å²) in [6, 6.07) is -0.0858. The Balaban J connectivity index is 2.68. The lowest BCUT2D eigenvalue weighted by Gasteiger charge is -2.31. The number of hydrogen-bond acceptors (Lipinski definition) is 3. The summed E-state index contributed by atoms with van der Waals surface area (Å²) in [6.07, 6.45) is 0.537. The van der Waals surface area contributed by atoms with Gasteiger partial charge in [0.05, 0.1) is 5.92 Å². The van der Waals surface area contributed by atoms with Crippen LogP contribution in [0.25, 0.3) is 0 Å². The highest BCUT2D eigenvalue weighted by atomic mass is 16.4. The van der Waals surface area contributed by atoms with Gasteiger partial charge in [0.2, 0.25) is 0 Å². The summed E-state index contributed by atoms with van der Waals surface area (Å²) in [5.41, 5.74) is 0. The smallest absolute Gasteiger partial charge is 0.320 e. The Morgan fingerprint density at radius 1 is 1.37 bits per heavy atom. The van der Waals surface area contributed by atoms with Crippen LogP contribution in [0.15, 0.2) is 0 Å². The Hall–Kier alpha value is -1.30. The van der Waals surface area contributed by atoms with Gasteiger partial charge in [-0.15, -0.1) is 0 Å². The van der Waals surface area contributed by atoms with Crippen molar-refractivity contribution in [3.8, 4) is 0 Å². The third kappa shape index (κ3) is 3.83. The molecule has 1 fully saturated rings. The zero-order chi connectivity index (χ0) is 14.6. The first-order valence-corrected chi connectivity index (χ1v) is 6.77. The highest BCUT2D eigenvalue weighted by Crippen LogP contribution is 2.24. The summed E-state index contributed by atoms with van der Waals surface area (Å²) in [7, 11) is 0. The average Bonchev–Trinajstić information content (AvgIpc) is 2.71. The van der Waals surface area contributed by atoms with Gasteiger partial charge < -0.3 is 20.0 Å². The van der Waals surface area contributed by atoms with Gasteiger partial charge in [-0.25, -0.2) is 4.79 Å². The molecule has 0 aliphatic carbocycles. The number of rotatable bonds is 5. The van der Waals surface area contributed by atoms with E-state index in [-0.39, 0.29) is 31.1 Å². The molecule has 110 valence electrons. The molecule has 0 saturated carbocycles. The predicted molar refractivity (Wildman–Crippen MR) is 70.8 cm³/mol. The van der Waals surface area contributed by atoms with Crippen molar-refractivity contribution in [1.29, 1.82) is 0 Å². The van der Waals surface area contributed by atoms with Crippen molar-refractivity contribution >= 4 is 12.0 Å². The van der Waals surface area contributed by atoms with Crippen molar-refractivity contribution in [2.75, 3.05) is 26.2 Å². The molecule has 6 nitrogen and oxygen atoms in total. The van der Waals surface area contributed by atoms with E-state index in [1.807, 2.05) is 20.8 Å². The molecule has 1 aliphatic heterocycles. The third-order valence-electron chi connectivity index (χ3n) is 3.63. The predicted octanol–water partition coefficient (Wildman–Crippen LogP) is 0.852. The second kappa shape index (κ2) is 6.75. The molecule has 19 heavy (non-hydrogen) atoms. The van der Waals surface area contributed by atoms with Crippen LogP contribution in [0.5, 0.6) is 0 Å². The highest BCUT2D eigenvalue weighted by molar-refractivity contribution is 5.78. The summed E-state index contributed by atoms with van der Waals surface area (Å²) < 4.78 is 0. The van der Waals surface area contributed by atoms with Crippen molar-refractivity contribution < 1.29 is 19.8 Å². The van der Waals surface area contributed by atoms with Gasteiger partial charge in [0.25, 0.3) is 0 Å². The standard InChI is InChI=1S/C13H24N2O4/c1-9(2)15(5-4-6-16)13(19)14-7-10(3)11(8-14)12(17)18/h9-11,16H,4-8H2,1-3H3,(H,17,18)/t10-,11-/m1/s1. The zero-order valence-corrected chi connectivity index (χ0v) is 11.9. The molecular weight excluding hydrogens is 248 g/mol. The molecule has 0 spiro atoms. The molecule has 1 rings (SSSR count). The van der Waals surface area contributed by atoms with E-state index in [0.717, 1.165) is 0 Å². The van der Waals surface area contributed by atoms with Crippen LogP contribution in [0.3, 0.4) is 0 Å². The van der Waals surface area contributed by atoms with Crippen LogP contribution in [-0.2, 0) is 4.79 Å². The molecular formula is C13H24N2O4. The molecule has 0 aromatic rings. The molecule has 6 heteroatoms. The summed E-state index contributed by atoms with van der Waals surface area (Å²) in [5.74, 6) is -1.33. The number of carboxylic acid groups (broad SMARTS) is 1. The van der Waals surface area contributed by atoms with Crippen molar-refractivity contribution in [3.05, 3.63) is 0 Å². The topological polar surface area (TPSA) is 81.1 Å². The van der Waals surface area contributed by atoms with Crippen LogP contribution in [0.1, 0.15) is 27.2 Å². The van der Waals surface area contributed by atoms with E-state index in [4.69, 9.17) is 10.2 Å². The number of hydrogen-bond donors (Lipinski definition) is 2. The monoisotopic (exact) mass is 272 g/mol. The first kappa shape index (κ1) is 15.8. The molecule has 2 atom stereocenters. The first-order valence-electron chi connectivity index (χ1n) is 6.77. The maximum atomic E-state index is 12.4. The van der Waals surface area contributed by atoms with Crippen LogP contribution >= 0.6 is 0 Å². The van der Waals surface area contributed by atoms with E-state index in [1.54, 1.807) is 9.80 Å². The number of nitrogens with zero attached hydrogens (tertiary/aromatic N) is 2. The second-order valence-corrected chi connectivity index (χ2v) is 5.47. The van der Waals surface area contributed by atoms with E-state index in [2.05, 4.69) is 0 Å². The van der Waals surface area contributed by atoms with Crippen molar-refractivity contribution in [3.63, 3.8) is 0 Å². The Bertz CT molecular complexity index is 333. The van der Waals surface area contributed by atoms with E-state index in [9.17, 15) is 9.59 Å². The fourth-order valence-corrected chi connectivity index (χ4v) is 2.44. The fourth-order valence-electron chi connectivity index (χ4n) is 2.44. The van der Waals surface area contributed by atoms with E-state index < -0.39 is 11.9 Å². The van der Waals surface area contributed by atoms with Crippen LogP contribution in [0.2, 0.25) is 0 Å². The largest absolute Gasteiger partial charge is 0.481 e. The van der Waals surface area contributed by atoms with E-state index in [0.29, 0.717) is 19.5 Å². The molecule has 0 radical (unpaired) electrons. The quantitative estimate of drug-likeness (QED) is 0.777. The van der Waals surface area contributed by atoms with Gasteiger partial charge in [-0.1, -0.05) is 6.92 Å². The minimum absolute atomic E-state index is 0.0201. The Labute approximate surface area is 114 Å². The number of urea groups is 1. The Morgan fingerprint density at radius 2 is 2.00 bits per heavy atom. The minimum atomic E-state index is -0.839. The molecule has 2 N–H and O–H groups in total. The number of aliphatic hydroxyl groups excluding tert-OH is 1. The molecule has 0 unspecified atom stereocenters. The number of aliphatic carboxylic acids is 1.